The number of nitrogens with zero attached hydrogens (tertiary/aromatic N) is 1. The molecule has 1 N–H and O–H groups in total. The fourth-order valence-electron chi connectivity index (χ4n) is 3.55. The average molecular weight is 379 g/mol. The monoisotopic (exact) mass is 378 g/mol. The summed E-state index contributed by atoms with van der Waals surface area (Å²) in [6.45, 7) is 5.39. The maximum absolute atomic E-state index is 12.3. The second-order valence-corrected chi connectivity index (χ2v) is 9.76. The molecule has 138 valence electrons. The van der Waals surface area contributed by atoms with Crippen molar-refractivity contribution in [2.24, 2.45) is 0 Å². The number of thioether (sulfide) groups is 2. The van der Waals surface area contributed by atoms with Crippen molar-refractivity contribution in [1.29, 1.82) is 0 Å². The molecule has 1 atom stereocenters. The third-order valence-corrected chi connectivity index (χ3v) is 8.14. The second kappa shape index (κ2) is 9.89. The summed E-state index contributed by atoms with van der Waals surface area (Å²) >= 11 is 4.04. The molecule has 2 heterocycles. The number of piperidine rings is 1. The molecule has 2 saturated heterocycles. The van der Waals surface area contributed by atoms with Gasteiger partial charge in [0.15, 0.2) is 0 Å². The Balaban J connectivity index is 1.40. The Morgan fingerprint density at radius 2 is 1.92 bits per heavy atom. The Morgan fingerprint density at radius 3 is 2.64 bits per heavy atom. The second-order valence-electron chi connectivity index (χ2n) is 7.04. The van der Waals surface area contributed by atoms with Gasteiger partial charge in [-0.3, -0.25) is 4.79 Å². The molecule has 2 fully saturated rings. The van der Waals surface area contributed by atoms with E-state index in [1.807, 2.05) is 35.7 Å². The van der Waals surface area contributed by atoms with E-state index in [2.05, 4.69) is 29.3 Å². The van der Waals surface area contributed by atoms with Crippen LogP contribution in [0, 0.1) is 0 Å². The van der Waals surface area contributed by atoms with Gasteiger partial charge in [0.1, 0.15) is 0 Å². The van der Waals surface area contributed by atoms with Crippen LogP contribution in [0.4, 0.5) is 0 Å². The number of carbonyl (C=O) groups is 1. The van der Waals surface area contributed by atoms with Crippen molar-refractivity contribution in [3.63, 3.8) is 0 Å². The summed E-state index contributed by atoms with van der Waals surface area (Å²) in [5, 5.41) is 3.08. The van der Waals surface area contributed by atoms with Gasteiger partial charge in [0, 0.05) is 24.7 Å². The summed E-state index contributed by atoms with van der Waals surface area (Å²) in [4.78, 5) is 14.9. The molecule has 0 spiro atoms. The largest absolute Gasteiger partial charge is 0.352 e. The zero-order valence-corrected chi connectivity index (χ0v) is 16.8. The fourth-order valence-corrected chi connectivity index (χ4v) is 6.44. The van der Waals surface area contributed by atoms with Crippen LogP contribution < -0.4 is 5.32 Å². The Bertz CT molecular complexity index is 543. The molecule has 0 bridgehead atoms. The van der Waals surface area contributed by atoms with Crippen molar-refractivity contribution in [3.8, 4) is 0 Å². The van der Waals surface area contributed by atoms with Crippen LogP contribution in [0.25, 0.3) is 0 Å². The van der Waals surface area contributed by atoms with Gasteiger partial charge in [0.2, 0.25) is 0 Å². The summed E-state index contributed by atoms with van der Waals surface area (Å²) in [6, 6.07) is 8.91. The third kappa shape index (κ3) is 5.66. The van der Waals surface area contributed by atoms with Gasteiger partial charge in [-0.1, -0.05) is 18.6 Å². The number of amides is 1. The first-order chi connectivity index (χ1) is 12.2. The lowest BCUT2D eigenvalue weighted by Gasteiger charge is -2.33. The van der Waals surface area contributed by atoms with Gasteiger partial charge >= 0.3 is 0 Å². The van der Waals surface area contributed by atoms with Gasteiger partial charge < -0.3 is 10.2 Å². The molecule has 0 saturated carbocycles. The minimum Gasteiger partial charge on any atom is -0.352 e. The molecule has 1 aromatic carbocycles. The number of hydrogen-bond acceptors (Lipinski definition) is 4. The van der Waals surface area contributed by atoms with Crippen LogP contribution in [0.5, 0.6) is 0 Å². The predicted molar refractivity (Wildman–Crippen MR) is 111 cm³/mol. The molecule has 1 amide bonds. The van der Waals surface area contributed by atoms with Gasteiger partial charge in [0.25, 0.3) is 5.91 Å². The lowest BCUT2D eigenvalue weighted by molar-refractivity contribution is 0.0949. The highest BCUT2D eigenvalue weighted by Gasteiger charge is 2.18. The minimum absolute atomic E-state index is 0.0576. The molecule has 0 aromatic heterocycles. The van der Waals surface area contributed by atoms with E-state index >= 15 is 0 Å². The molecule has 0 unspecified atom stereocenters. The molecule has 1 aromatic rings. The van der Waals surface area contributed by atoms with E-state index in [4.69, 9.17) is 0 Å². The van der Waals surface area contributed by atoms with Crippen molar-refractivity contribution in [2.45, 2.75) is 49.7 Å². The van der Waals surface area contributed by atoms with Crippen molar-refractivity contribution in [1.82, 2.24) is 10.2 Å². The van der Waals surface area contributed by atoms with Crippen molar-refractivity contribution in [3.05, 3.63) is 35.4 Å². The van der Waals surface area contributed by atoms with Crippen LogP contribution in [-0.4, -0.2) is 48.0 Å². The van der Waals surface area contributed by atoms with Gasteiger partial charge in [0.05, 0.1) is 4.58 Å². The maximum Gasteiger partial charge on any atom is 0.251 e. The highest BCUT2D eigenvalue weighted by atomic mass is 32.2. The standard InChI is InChI=1S/C20H30N2OS2/c1-16-6-2-3-12-22(16)13-4-11-21-19(23)17-7-9-18(10-8-17)20-24-14-5-15-25-20/h7-10,16,20H,2-6,11-15H2,1H3,(H,21,23)/t16-/m0/s1. The molecule has 5 heteroatoms. The highest BCUT2D eigenvalue weighted by molar-refractivity contribution is 8.16. The number of hydrogen-bond donors (Lipinski definition) is 1. The Kier molecular flexibility index (Phi) is 7.56. The van der Waals surface area contributed by atoms with E-state index in [0.717, 1.165) is 25.1 Å². The van der Waals surface area contributed by atoms with Crippen molar-refractivity contribution >= 4 is 29.4 Å². The van der Waals surface area contributed by atoms with Gasteiger partial charge in [-0.15, -0.1) is 23.5 Å². The van der Waals surface area contributed by atoms with Crippen LogP contribution in [0.2, 0.25) is 0 Å². The van der Waals surface area contributed by atoms with Crippen molar-refractivity contribution in [2.75, 3.05) is 31.1 Å². The first-order valence-electron chi connectivity index (χ1n) is 9.59. The minimum atomic E-state index is 0.0576. The molecule has 0 radical (unpaired) electrons. The molecular formula is C20H30N2OS2. The quantitative estimate of drug-likeness (QED) is 0.736. The summed E-state index contributed by atoms with van der Waals surface area (Å²) < 4.78 is 0.539. The van der Waals surface area contributed by atoms with E-state index in [1.165, 1.54) is 49.3 Å². The van der Waals surface area contributed by atoms with E-state index < -0.39 is 0 Å². The number of carbonyl (C=O) groups excluding carboxylic acids is 1. The van der Waals surface area contributed by atoms with Crippen LogP contribution >= 0.6 is 23.5 Å². The molecule has 2 aliphatic rings. The molecular weight excluding hydrogens is 348 g/mol. The third-order valence-electron chi connectivity index (χ3n) is 5.12. The zero-order valence-electron chi connectivity index (χ0n) is 15.2. The van der Waals surface area contributed by atoms with E-state index in [-0.39, 0.29) is 5.91 Å². The molecule has 3 rings (SSSR count). The summed E-state index contributed by atoms with van der Waals surface area (Å²) in [5.74, 6) is 2.55. The Labute approximate surface area is 160 Å². The van der Waals surface area contributed by atoms with Gasteiger partial charge in [-0.2, -0.15) is 0 Å². The predicted octanol–water partition coefficient (Wildman–Crippen LogP) is 4.55. The Morgan fingerprint density at radius 1 is 1.16 bits per heavy atom. The maximum atomic E-state index is 12.3. The normalized spacial score (nSPS) is 22.7. The van der Waals surface area contributed by atoms with Crippen LogP contribution in [-0.2, 0) is 0 Å². The van der Waals surface area contributed by atoms with Crippen LogP contribution in [0.1, 0.15) is 59.5 Å². The molecule has 2 aliphatic heterocycles. The SMILES string of the molecule is C[C@H]1CCCCN1CCCNC(=O)c1ccc(C2SCCCS2)cc1. The number of nitrogens with one attached hydrogen (secondary N) is 1. The van der Waals surface area contributed by atoms with E-state index in [9.17, 15) is 4.79 Å². The van der Waals surface area contributed by atoms with Crippen LogP contribution in [0.3, 0.4) is 0 Å². The summed E-state index contributed by atoms with van der Waals surface area (Å²) in [7, 11) is 0. The number of benzene rings is 1. The van der Waals surface area contributed by atoms with Gasteiger partial charge in [-0.05, 0) is 68.4 Å². The topological polar surface area (TPSA) is 32.3 Å². The smallest absolute Gasteiger partial charge is 0.251 e. The van der Waals surface area contributed by atoms with Gasteiger partial charge in [-0.25, -0.2) is 0 Å². The lowest BCUT2D eigenvalue weighted by atomic mass is 10.0. The first kappa shape index (κ1) is 19.1. The average Bonchev–Trinajstić information content (AvgIpc) is 2.67. The van der Waals surface area contributed by atoms with E-state index in [1.54, 1.807) is 0 Å². The summed E-state index contributed by atoms with van der Waals surface area (Å²) in [6.07, 6.45) is 6.34. The summed E-state index contributed by atoms with van der Waals surface area (Å²) in [5.41, 5.74) is 2.12. The lowest BCUT2D eigenvalue weighted by Crippen LogP contribution is -2.39. The zero-order chi connectivity index (χ0) is 17.5. The number of rotatable bonds is 6. The van der Waals surface area contributed by atoms with E-state index in [0.29, 0.717) is 10.6 Å². The number of likely N-dealkylation sites (tertiary alicyclic amines) is 1. The van der Waals surface area contributed by atoms with Crippen LogP contribution in [0.15, 0.2) is 24.3 Å². The molecule has 25 heavy (non-hydrogen) atoms. The Hall–Kier alpha value is -0.650. The highest BCUT2D eigenvalue weighted by Crippen LogP contribution is 2.43. The molecule has 0 aliphatic carbocycles. The first-order valence-corrected chi connectivity index (χ1v) is 11.7. The fraction of sp³-hybridized carbons (Fsp3) is 0.650. The molecule has 3 nitrogen and oxygen atoms in total. The van der Waals surface area contributed by atoms with Crippen molar-refractivity contribution < 1.29 is 4.79 Å².